The summed E-state index contributed by atoms with van der Waals surface area (Å²) in [5, 5.41) is 3.55. The average molecular weight is 1010 g/mol. The predicted molar refractivity (Wildman–Crippen MR) is 258 cm³/mol. The molecule has 6 heteroatoms. The van der Waals surface area contributed by atoms with Gasteiger partial charge in [-0.1, -0.05) is 157 Å². The van der Waals surface area contributed by atoms with E-state index in [9.17, 15) is 0 Å². The van der Waals surface area contributed by atoms with E-state index < -0.39 is 6.85 Å². The minimum atomic E-state index is -2.09. The van der Waals surface area contributed by atoms with Crippen LogP contribution >= 0.6 is 11.3 Å². The van der Waals surface area contributed by atoms with Gasteiger partial charge in [-0.05, 0) is 70.7 Å². The molecule has 0 spiro atoms. The Kier molecular flexibility index (Phi) is 9.99. The summed E-state index contributed by atoms with van der Waals surface area (Å²) >= 11 is 1.84. The van der Waals surface area contributed by atoms with Crippen LogP contribution in [0.15, 0.2) is 211 Å². The van der Waals surface area contributed by atoms with Crippen molar-refractivity contribution in [3.63, 3.8) is 0 Å². The molecule has 8 aromatic carbocycles. The van der Waals surface area contributed by atoms with Crippen LogP contribution in [0.4, 0.5) is 0 Å². The maximum Gasteiger partial charge on any atom is 0.0774 e. The first kappa shape index (κ1) is 36.4. The molecule has 4 aromatic heterocycles. The third kappa shape index (κ3) is 7.59. The van der Waals surface area contributed by atoms with Crippen LogP contribution in [0.25, 0.3) is 104 Å². The standard InChI is InChI=1S/C45H27N2OS.C12H10N.Ir/c1-3-12-29(13-4-1)33-17-11-18-34(30-14-5-2-6-15-30)44(33)47-40-20-9-8-19-39(40)46-45(47)38-28-48-41-24-22-31(26-36(38)41)32-23-25-43-37(27-32)35-16-7-10-21-42(35)49-43;1-10-7-8-12(13-9-10)11-5-3-2-4-6-11;/h1-27H;2-5,7-9H,1H3;/q2*-1;/i;1D3;. The van der Waals surface area contributed by atoms with Crippen LogP contribution in [0, 0.1) is 19.2 Å². The molecule has 12 aromatic rings. The summed E-state index contributed by atoms with van der Waals surface area (Å²) in [5.74, 6) is 0.789. The van der Waals surface area contributed by atoms with E-state index in [1.807, 2.05) is 35.6 Å². The molecule has 0 saturated carbocycles. The number of hydrogen-bond acceptors (Lipinski definition) is 4. The number of hydrogen-bond donors (Lipinski definition) is 0. The van der Waals surface area contributed by atoms with Gasteiger partial charge in [0.1, 0.15) is 0 Å². The summed E-state index contributed by atoms with van der Waals surface area (Å²) in [6, 6.07) is 71.7. The van der Waals surface area contributed by atoms with Gasteiger partial charge in [-0.3, -0.25) is 4.98 Å². The normalized spacial score (nSPS) is 12.0. The van der Waals surface area contributed by atoms with Gasteiger partial charge in [0.25, 0.3) is 0 Å². The van der Waals surface area contributed by atoms with Gasteiger partial charge in [0.15, 0.2) is 0 Å². The topological polar surface area (TPSA) is 43.9 Å². The van der Waals surface area contributed by atoms with E-state index in [4.69, 9.17) is 13.5 Å². The third-order valence-electron chi connectivity index (χ3n) is 11.2. The summed E-state index contributed by atoms with van der Waals surface area (Å²) in [4.78, 5) is 9.42. The Morgan fingerprint density at radius 1 is 0.587 bits per heavy atom. The molecule has 0 fully saturated rings. The van der Waals surface area contributed by atoms with Crippen molar-refractivity contribution < 1.29 is 28.6 Å². The number of furan rings is 1. The molecule has 1 radical (unpaired) electrons. The van der Waals surface area contributed by atoms with E-state index in [-0.39, 0.29) is 25.7 Å². The zero-order chi connectivity index (χ0) is 43.9. The van der Waals surface area contributed by atoms with Gasteiger partial charge in [-0.2, -0.15) is 0 Å². The second-order valence-corrected chi connectivity index (χ2v) is 16.1. The Labute approximate surface area is 387 Å². The SMILES string of the molecule is [2H]C([2H])([2H])c1ccc(-c2[c-]cccc2)nc1.[Ir].[c-]1oc2ccc(-c3ccc4sc5ccccc5c4c3)cc2c1-c1nc2ccccc2n1-c1c(-c2ccccc2)cccc1-c1ccccc1. The van der Waals surface area contributed by atoms with Crippen LogP contribution in [-0.2, 0) is 20.1 Å². The molecule has 0 N–H and O–H groups in total. The number of nitrogens with zero attached hydrogens (tertiary/aromatic N) is 3. The van der Waals surface area contributed by atoms with Gasteiger partial charge >= 0.3 is 0 Å². The van der Waals surface area contributed by atoms with E-state index in [1.165, 1.54) is 31.9 Å². The molecule has 0 aliphatic carbocycles. The number of rotatable bonds is 6. The van der Waals surface area contributed by atoms with Crippen LogP contribution < -0.4 is 0 Å². The summed E-state index contributed by atoms with van der Waals surface area (Å²) in [7, 11) is 0. The van der Waals surface area contributed by atoms with E-state index in [2.05, 4.69) is 180 Å². The van der Waals surface area contributed by atoms with E-state index >= 15 is 0 Å². The van der Waals surface area contributed by atoms with Gasteiger partial charge in [0.2, 0.25) is 0 Å². The maximum absolute atomic E-state index is 7.23. The molecule has 0 aliphatic rings. The van der Waals surface area contributed by atoms with Crippen LogP contribution in [0.2, 0.25) is 0 Å². The number of aryl methyl sites for hydroxylation is 1. The molecule has 0 aliphatic heterocycles. The number of aromatic nitrogens is 3. The number of benzene rings is 8. The van der Waals surface area contributed by atoms with Crippen molar-refractivity contribution in [2.75, 3.05) is 0 Å². The minimum absolute atomic E-state index is 0. The van der Waals surface area contributed by atoms with Gasteiger partial charge in [-0.15, -0.1) is 47.2 Å². The molecular formula is C57H37IrN3OS-2. The fourth-order valence-corrected chi connectivity index (χ4v) is 9.32. The van der Waals surface area contributed by atoms with Crippen molar-refractivity contribution >= 4 is 53.5 Å². The van der Waals surface area contributed by atoms with Gasteiger partial charge in [-0.25, -0.2) is 0 Å². The summed E-state index contributed by atoms with van der Waals surface area (Å²) in [6.45, 7) is -2.09. The molecule has 303 valence electrons. The van der Waals surface area contributed by atoms with Crippen molar-refractivity contribution in [1.82, 2.24) is 14.5 Å². The quantitative estimate of drug-likeness (QED) is 0.156. The Bertz CT molecular complexity index is 3580. The maximum atomic E-state index is 7.23. The predicted octanol–water partition coefficient (Wildman–Crippen LogP) is 15.5. The Balaban J connectivity index is 0.000000256. The zero-order valence-corrected chi connectivity index (χ0v) is 36.8. The number of imidazole rings is 1. The Morgan fingerprint density at radius 2 is 1.27 bits per heavy atom. The molecule has 0 atom stereocenters. The monoisotopic (exact) mass is 1010 g/mol. The number of thiophene rings is 1. The van der Waals surface area contributed by atoms with Crippen molar-refractivity contribution in [3.05, 3.63) is 224 Å². The largest absolute Gasteiger partial charge is 0.557 e. The van der Waals surface area contributed by atoms with Gasteiger partial charge in [0.05, 0.1) is 22.5 Å². The Morgan fingerprint density at radius 3 is 2.00 bits per heavy atom. The average Bonchev–Trinajstić information content (AvgIpc) is 4.07. The zero-order valence-electron chi connectivity index (χ0n) is 36.6. The molecule has 4 heterocycles. The fraction of sp³-hybridized carbons (Fsp3) is 0.0175. The van der Waals surface area contributed by atoms with Crippen molar-refractivity contribution in [2.45, 2.75) is 6.85 Å². The molecule has 0 amide bonds. The summed E-state index contributed by atoms with van der Waals surface area (Å²) < 4.78 is 32.8. The molecule has 4 nitrogen and oxygen atoms in total. The second kappa shape index (κ2) is 17.3. The van der Waals surface area contributed by atoms with Crippen LogP contribution in [0.3, 0.4) is 0 Å². The molecule has 0 unspecified atom stereocenters. The second-order valence-electron chi connectivity index (χ2n) is 15.0. The number of para-hydroxylation sites is 3. The van der Waals surface area contributed by atoms with E-state index in [0.717, 1.165) is 78.2 Å². The molecule has 63 heavy (non-hydrogen) atoms. The first-order valence-corrected chi connectivity index (χ1v) is 21.2. The van der Waals surface area contributed by atoms with Gasteiger partial charge < -0.3 is 14.0 Å². The van der Waals surface area contributed by atoms with Crippen molar-refractivity contribution in [2.24, 2.45) is 0 Å². The first-order chi connectivity index (χ1) is 31.9. The van der Waals surface area contributed by atoms with Crippen molar-refractivity contribution in [3.8, 4) is 61.7 Å². The first-order valence-electron chi connectivity index (χ1n) is 21.9. The molecular weight excluding hydrogens is 967 g/mol. The molecule has 12 rings (SSSR count). The van der Waals surface area contributed by atoms with E-state index in [0.29, 0.717) is 0 Å². The van der Waals surface area contributed by atoms with Crippen LogP contribution in [0.5, 0.6) is 0 Å². The van der Waals surface area contributed by atoms with Gasteiger partial charge in [0, 0.05) is 73.6 Å². The van der Waals surface area contributed by atoms with Crippen LogP contribution in [0.1, 0.15) is 9.68 Å². The third-order valence-corrected chi connectivity index (χ3v) is 12.3. The van der Waals surface area contributed by atoms with Crippen molar-refractivity contribution in [1.29, 1.82) is 0 Å². The smallest absolute Gasteiger partial charge is 0.0774 e. The molecule has 0 saturated heterocycles. The minimum Gasteiger partial charge on any atom is -0.557 e. The fourth-order valence-electron chi connectivity index (χ4n) is 8.24. The number of fused-ring (bicyclic) bond motifs is 5. The summed E-state index contributed by atoms with van der Waals surface area (Å²) in [6.07, 6.45) is 4.68. The Hall–Kier alpha value is -7.21. The van der Waals surface area contributed by atoms with Crippen LogP contribution in [-0.4, -0.2) is 14.5 Å². The van der Waals surface area contributed by atoms with E-state index in [1.54, 1.807) is 18.2 Å². The summed E-state index contributed by atoms with van der Waals surface area (Å²) in [5.41, 5.74) is 13.3. The number of pyridine rings is 1. The molecule has 0 bridgehead atoms.